The van der Waals surface area contributed by atoms with Crippen molar-refractivity contribution in [1.29, 1.82) is 0 Å². The topological polar surface area (TPSA) is 16.1 Å². The van der Waals surface area contributed by atoms with Gasteiger partial charge < -0.3 is 0 Å². The van der Waals surface area contributed by atoms with Crippen LogP contribution in [0.15, 0.2) is 42.5 Å². The van der Waals surface area contributed by atoms with Crippen molar-refractivity contribution in [2.75, 3.05) is 13.1 Å². The minimum Gasteiger partial charge on any atom is -0.290 e. The van der Waals surface area contributed by atoms with E-state index >= 15 is 0 Å². The highest BCUT2D eigenvalue weighted by atomic mass is 35.5. The van der Waals surface area contributed by atoms with Crippen molar-refractivity contribution in [3.8, 4) is 0 Å². The van der Waals surface area contributed by atoms with Crippen molar-refractivity contribution in [2.45, 2.75) is 19.4 Å². The Labute approximate surface area is 119 Å². The molecule has 0 aromatic carbocycles. The molecule has 1 aliphatic heterocycles. The molecule has 98 valence electrons. The van der Waals surface area contributed by atoms with Crippen LogP contribution in [0.1, 0.15) is 24.1 Å². The van der Waals surface area contributed by atoms with Crippen molar-refractivity contribution in [3.63, 3.8) is 0 Å². The van der Waals surface area contributed by atoms with Crippen LogP contribution in [-0.2, 0) is 6.54 Å². The van der Waals surface area contributed by atoms with Crippen LogP contribution in [0, 0.1) is 0 Å². The SMILES string of the molecule is C=C1CN(CC2=CCCC=C2)Cc2ccc(Cl)nc21. The molecule has 3 heteroatoms. The number of pyridine rings is 1. The van der Waals surface area contributed by atoms with Crippen molar-refractivity contribution in [1.82, 2.24) is 9.88 Å². The lowest BCUT2D eigenvalue weighted by Gasteiger charge is -2.30. The summed E-state index contributed by atoms with van der Waals surface area (Å²) in [4.78, 5) is 6.79. The Morgan fingerprint density at radius 3 is 2.95 bits per heavy atom. The molecule has 1 aromatic rings. The van der Waals surface area contributed by atoms with Crippen LogP contribution < -0.4 is 0 Å². The molecule has 2 nitrogen and oxygen atoms in total. The number of allylic oxidation sites excluding steroid dienone is 2. The maximum Gasteiger partial charge on any atom is 0.129 e. The molecule has 0 amide bonds. The summed E-state index contributed by atoms with van der Waals surface area (Å²) >= 11 is 5.95. The number of aromatic nitrogens is 1. The summed E-state index contributed by atoms with van der Waals surface area (Å²) in [6.45, 7) is 6.91. The Morgan fingerprint density at radius 1 is 1.26 bits per heavy atom. The van der Waals surface area contributed by atoms with E-state index in [1.54, 1.807) is 0 Å². The van der Waals surface area contributed by atoms with Gasteiger partial charge in [-0.3, -0.25) is 4.90 Å². The largest absolute Gasteiger partial charge is 0.290 e. The molecule has 0 radical (unpaired) electrons. The number of halogens is 1. The second-order valence-electron chi connectivity index (χ2n) is 5.15. The highest BCUT2D eigenvalue weighted by Gasteiger charge is 2.20. The van der Waals surface area contributed by atoms with E-state index in [1.165, 1.54) is 17.6 Å². The van der Waals surface area contributed by atoms with E-state index in [9.17, 15) is 0 Å². The predicted molar refractivity (Wildman–Crippen MR) is 80.0 cm³/mol. The van der Waals surface area contributed by atoms with Crippen LogP contribution >= 0.6 is 11.6 Å². The number of nitrogens with zero attached hydrogens (tertiary/aromatic N) is 2. The molecule has 19 heavy (non-hydrogen) atoms. The lowest BCUT2D eigenvalue weighted by Crippen LogP contribution is -2.31. The maximum absolute atomic E-state index is 5.95. The average Bonchev–Trinajstić information content (AvgIpc) is 2.41. The van der Waals surface area contributed by atoms with Crippen molar-refractivity contribution < 1.29 is 0 Å². The zero-order valence-electron chi connectivity index (χ0n) is 10.9. The molecule has 1 aromatic heterocycles. The molecule has 0 bridgehead atoms. The summed E-state index contributed by atoms with van der Waals surface area (Å²) in [7, 11) is 0. The van der Waals surface area contributed by atoms with Crippen LogP contribution in [0.3, 0.4) is 0 Å². The van der Waals surface area contributed by atoms with Crippen LogP contribution in [0.5, 0.6) is 0 Å². The second-order valence-corrected chi connectivity index (χ2v) is 5.54. The lowest BCUT2D eigenvalue weighted by atomic mass is 10.00. The van der Waals surface area contributed by atoms with Gasteiger partial charge in [0, 0.05) is 19.6 Å². The zero-order chi connectivity index (χ0) is 13.2. The highest BCUT2D eigenvalue weighted by Crippen LogP contribution is 2.27. The fourth-order valence-electron chi connectivity index (χ4n) is 2.69. The Balaban J connectivity index is 1.77. The van der Waals surface area contributed by atoms with E-state index < -0.39 is 0 Å². The molecular weight excluding hydrogens is 256 g/mol. The smallest absolute Gasteiger partial charge is 0.129 e. The fraction of sp³-hybridized carbons (Fsp3) is 0.312. The summed E-state index contributed by atoms with van der Waals surface area (Å²) in [6.07, 6.45) is 9.15. The van der Waals surface area contributed by atoms with E-state index in [4.69, 9.17) is 11.6 Å². The van der Waals surface area contributed by atoms with Crippen LogP contribution in [0.2, 0.25) is 5.15 Å². The number of fused-ring (bicyclic) bond motifs is 1. The van der Waals surface area contributed by atoms with Gasteiger partial charge in [-0.15, -0.1) is 0 Å². The lowest BCUT2D eigenvalue weighted by molar-refractivity contribution is 0.317. The molecule has 3 rings (SSSR count). The molecule has 1 aliphatic carbocycles. The molecule has 0 N–H and O–H groups in total. The molecule has 0 atom stereocenters. The first-order valence-electron chi connectivity index (χ1n) is 6.64. The molecule has 0 fully saturated rings. The predicted octanol–water partition coefficient (Wildman–Crippen LogP) is 3.84. The molecule has 0 saturated carbocycles. The van der Waals surface area contributed by atoms with Gasteiger partial charge in [0.05, 0.1) is 5.69 Å². The third kappa shape index (κ3) is 2.80. The fourth-order valence-corrected chi connectivity index (χ4v) is 2.84. The van der Waals surface area contributed by atoms with E-state index in [0.717, 1.165) is 37.3 Å². The number of rotatable bonds is 2. The summed E-state index contributed by atoms with van der Waals surface area (Å²) in [5, 5.41) is 0.547. The summed E-state index contributed by atoms with van der Waals surface area (Å²) < 4.78 is 0. The van der Waals surface area contributed by atoms with Gasteiger partial charge in [-0.25, -0.2) is 4.98 Å². The Bertz CT molecular complexity index is 572. The number of hydrogen-bond donors (Lipinski definition) is 0. The minimum absolute atomic E-state index is 0.547. The molecular formula is C16H17ClN2. The maximum atomic E-state index is 5.95. The minimum atomic E-state index is 0.547. The van der Waals surface area contributed by atoms with E-state index in [2.05, 4.69) is 40.8 Å². The normalized spacial score (nSPS) is 19.2. The van der Waals surface area contributed by atoms with E-state index in [-0.39, 0.29) is 0 Å². The Hall–Kier alpha value is -1.38. The highest BCUT2D eigenvalue weighted by molar-refractivity contribution is 6.29. The zero-order valence-corrected chi connectivity index (χ0v) is 11.7. The van der Waals surface area contributed by atoms with Crippen LogP contribution in [0.25, 0.3) is 5.57 Å². The first-order chi connectivity index (χ1) is 9.22. The first-order valence-corrected chi connectivity index (χ1v) is 7.01. The summed E-state index contributed by atoms with van der Waals surface area (Å²) in [6, 6.07) is 3.92. The Kier molecular flexibility index (Phi) is 3.54. The van der Waals surface area contributed by atoms with E-state index in [0.29, 0.717) is 5.15 Å². The van der Waals surface area contributed by atoms with Gasteiger partial charge in [0.2, 0.25) is 0 Å². The third-order valence-corrected chi connectivity index (χ3v) is 3.78. The monoisotopic (exact) mass is 272 g/mol. The van der Waals surface area contributed by atoms with Gasteiger partial charge in [-0.05, 0) is 35.6 Å². The van der Waals surface area contributed by atoms with Crippen molar-refractivity contribution in [2.24, 2.45) is 0 Å². The quantitative estimate of drug-likeness (QED) is 0.761. The molecule has 2 aliphatic rings. The van der Waals surface area contributed by atoms with E-state index in [1.807, 2.05) is 6.07 Å². The van der Waals surface area contributed by atoms with Crippen molar-refractivity contribution >= 4 is 17.2 Å². The first kappa shape index (κ1) is 12.6. The van der Waals surface area contributed by atoms with Gasteiger partial charge in [0.15, 0.2) is 0 Å². The second kappa shape index (κ2) is 5.32. The molecule has 0 unspecified atom stereocenters. The summed E-state index contributed by atoms with van der Waals surface area (Å²) in [5.41, 5.74) is 4.67. The van der Waals surface area contributed by atoms with Crippen LogP contribution in [0.4, 0.5) is 0 Å². The molecule has 0 spiro atoms. The standard InChI is InChI=1S/C16H17ClN2/c1-12-9-19(10-13-5-3-2-4-6-13)11-14-7-8-15(17)18-16(12)14/h3,5-8H,1-2,4,9-11H2. The third-order valence-electron chi connectivity index (χ3n) is 3.57. The molecule has 2 heterocycles. The van der Waals surface area contributed by atoms with Gasteiger partial charge in [-0.2, -0.15) is 0 Å². The van der Waals surface area contributed by atoms with Gasteiger partial charge in [0.1, 0.15) is 5.15 Å². The number of hydrogen-bond acceptors (Lipinski definition) is 2. The molecule has 0 saturated heterocycles. The average molecular weight is 273 g/mol. The van der Waals surface area contributed by atoms with Gasteiger partial charge in [0.25, 0.3) is 0 Å². The van der Waals surface area contributed by atoms with Crippen LogP contribution in [-0.4, -0.2) is 23.0 Å². The van der Waals surface area contributed by atoms with Gasteiger partial charge >= 0.3 is 0 Å². The Morgan fingerprint density at radius 2 is 2.16 bits per heavy atom. The van der Waals surface area contributed by atoms with Gasteiger partial charge in [-0.1, -0.05) is 42.5 Å². The van der Waals surface area contributed by atoms with Crippen molar-refractivity contribution in [3.05, 3.63) is 58.9 Å². The summed E-state index contributed by atoms with van der Waals surface area (Å²) in [5.74, 6) is 0.